The van der Waals surface area contributed by atoms with Crippen LogP contribution in [0.3, 0.4) is 0 Å². The van der Waals surface area contributed by atoms with Crippen LogP contribution in [0, 0.1) is 0 Å². The predicted octanol–water partition coefficient (Wildman–Crippen LogP) is 2.54. The second-order valence-corrected chi connectivity index (χ2v) is 6.40. The molecule has 0 saturated carbocycles. The van der Waals surface area contributed by atoms with Crippen LogP contribution in [-0.2, 0) is 17.8 Å². The van der Waals surface area contributed by atoms with Gasteiger partial charge in [-0.2, -0.15) is 0 Å². The summed E-state index contributed by atoms with van der Waals surface area (Å²) >= 11 is 1.63. The van der Waals surface area contributed by atoms with Crippen LogP contribution in [0.4, 0.5) is 5.69 Å². The first-order valence-corrected chi connectivity index (χ1v) is 8.13. The van der Waals surface area contributed by atoms with Gasteiger partial charge in [0.15, 0.2) is 0 Å². The van der Waals surface area contributed by atoms with Gasteiger partial charge in [0.25, 0.3) is 0 Å². The van der Waals surface area contributed by atoms with Crippen molar-refractivity contribution in [2.45, 2.75) is 25.8 Å². The van der Waals surface area contributed by atoms with E-state index >= 15 is 0 Å². The quantitative estimate of drug-likeness (QED) is 0.909. The van der Waals surface area contributed by atoms with E-state index in [1.807, 2.05) is 31.2 Å². The average Bonchev–Trinajstić information content (AvgIpc) is 2.98. The zero-order valence-electron chi connectivity index (χ0n) is 12.7. The normalized spacial score (nSPS) is 15.0. The Hall–Kier alpha value is -1.92. The standard InChI is InChI=1S/C16H19N3O2S/c1-10(16-19-13-7-8-17-9-14(13)22-16)15(20)18-11-3-5-12(21-2)6-4-11/h3-6,10,17H,7-9H2,1-2H3,(H,18,20). The molecule has 1 unspecified atom stereocenters. The molecule has 6 heteroatoms. The second kappa shape index (κ2) is 6.46. The highest BCUT2D eigenvalue weighted by Crippen LogP contribution is 2.28. The largest absolute Gasteiger partial charge is 0.497 e. The van der Waals surface area contributed by atoms with Crippen molar-refractivity contribution in [1.29, 1.82) is 0 Å². The van der Waals surface area contributed by atoms with Crippen molar-refractivity contribution < 1.29 is 9.53 Å². The highest BCUT2D eigenvalue weighted by atomic mass is 32.1. The number of rotatable bonds is 4. The number of ether oxygens (including phenoxy) is 1. The number of methoxy groups -OCH3 is 1. The van der Waals surface area contributed by atoms with Crippen LogP contribution >= 0.6 is 11.3 Å². The molecule has 5 nitrogen and oxygen atoms in total. The Morgan fingerprint density at radius 2 is 2.18 bits per heavy atom. The molecular formula is C16H19N3O2S. The van der Waals surface area contributed by atoms with Crippen molar-refractivity contribution in [3.63, 3.8) is 0 Å². The van der Waals surface area contributed by atoms with Gasteiger partial charge in [-0.15, -0.1) is 11.3 Å². The molecule has 0 aliphatic carbocycles. The topological polar surface area (TPSA) is 63.2 Å². The number of carbonyl (C=O) groups excluding carboxylic acids is 1. The summed E-state index contributed by atoms with van der Waals surface area (Å²) in [6.45, 7) is 3.72. The molecule has 2 N–H and O–H groups in total. The Labute approximate surface area is 133 Å². The summed E-state index contributed by atoms with van der Waals surface area (Å²) in [5, 5.41) is 7.15. The lowest BCUT2D eigenvalue weighted by Crippen LogP contribution is -2.22. The first kappa shape index (κ1) is 15.0. The number of aromatic nitrogens is 1. The first-order valence-electron chi connectivity index (χ1n) is 7.31. The molecule has 0 fully saturated rings. The zero-order valence-corrected chi connectivity index (χ0v) is 13.5. The fourth-order valence-electron chi connectivity index (χ4n) is 2.37. The molecule has 0 bridgehead atoms. The third-order valence-electron chi connectivity index (χ3n) is 3.74. The van der Waals surface area contributed by atoms with Crippen molar-refractivity contribution in [3.8, 4) is 5.75 Å². The van der Waals surface area contributed by atoms with Gasteiger partial charge in [0.2, 0.25) is 5.91 Å². The zero-order chi connectivity index (χ0) is 15.5. The third-order valence-corrected chi connectivity index (χ3v) is 5.02. The second-order valence-electron chi connectivity index (χ2n) is 5.29. The predicted molar refractivity (Wildman–Crippen MR) is 87.6 cm³/mol. The van der Waals surface area contributed by atoms with E-state index in [-0.39, 0.29) is 11.8 Å². The van der Waals surface area contributed by atoms with Gasteiger partial charge < -0.3 is 15.4 Å². The van der Waals surface area contributed by atoms with Crippen LogP contribution in [0.15, 0.2) is 24.3 Å². The molecule has 1 aromatic carbocycles. The van der Waals surface area contributed by atoms with E-state index in [1.54, 1.807) is 18.4 Å². The molecule has 3 rings (SSSR count). The maximum Gasteiger partial charge on any atom is 0.234 e. The van der Waals surface area contributed by atoms with Gasteiger partial charge in [-0.3, -0.25) is 4.79 Å². The Morgan fingerprint density at radius 3 is 2.86 bits per heavy atom. The molecule has 116 valence electrons. The van der Waals surface area contributed by atoms with Crippen LogP contribution in [0.2, 0.25) is 0 Å². The van der Waals surface area contributed by atoms with Crippen molar-refractivity contribution in [3.05, 3.63) is 39.8 Å². The fraction of sp³-hybridized carbons (Fsp3) is 0.375. The average molecular weight is 317 g/mol. The van der Waals surface area contributed by atoms with Crippen LogP contribution in [0.5, 0.6) is 5.75 Å². The minimum Gasteiger partial charge on any atom is -0.497 e. The molecule has 2 heterocycles. The van der Waals surface area contributed by atoms with Crippen LogP contribution in [0.25, 0.3) is 0 Å². The van der Waals surface area contributed by atoms with E-state index in [1.165, 1.54) is 4.88 Å². The summed E-state index contributed by atoms with van der Waals surface area (Å²) in [6, 6.07) is 7.32. The van der Waals surface area contributed by atoms with E-state index in [0.29, 0.717) is 0 Å². The number of hydrogen-bond acceptors (Lipinski definition) is 5. The minimum absolute atomic E-state index is 0.0378. The molecule has 1 amide bonds. The molecule has 0 spiro atoms. The highest BCUT2D eigenvalue weighted by Gasteiger charge is 2.22. The number of amides is 1. The van der Waals surface area contributed by atoms with E-state index in [4.69, 9.17) is 4.74 Å². The summed E-state index contributed by atoms with van der Waals surface area (Å²) in [5.74, 6) is 0.480. The van der Waals surface area contributed by atoms with Gasteiger partial charge in [-0.05, 0) is 31.2 Å². The number of anilines is 1. The van der Waals surface area contributed by atoms with Gasteiger partial charge in [-0.25, -0.2) is 4.98 Å². The van der Waals surface area contributed by atoms with Gasteiger partial charge in [0, 0.05) is 30.1 Å². The van der Waals surface area contributed by atoms with Crippen molar-refractivity contribution in [1.82, 2.24) is 10.3 Å². The van der Waals surface area contributed by atoms with Crippen molar-refractivity contribution in [2.75, 3.05) is 19.0 Å². The monoisotopic (exact) mass is 317 g/mol. The molecule has 0 saturated heterocycles. The summed E-state index contributed by atoms with van der Waals surface area (Å²) in [7, 11) is 1.62. The lowest BCUT2D eigenvalue weighted by atomic mass is 10.1. The Morgan fingerprint density at radius 1 is 1.41 bits per heavy atom. The highest BCUT2D eigenvalue weighted by molar-refractivity contribution is 7.12. The Balaban J connectivity index is 1.69. The maximum absolute atomic E-state index is 12.4. The minimum atomic E-state index is -0.252. The summed E-state index contributed by atoms with van der Waals surface area (Å²) in [4.78, 5) is 18.3. The molecule has 0 radical (unpaired) electrons. The van der Waals surface area contributed by atoms with Crippen molar-refractivity contribution in [2.24, 2.45) is 0 Å². The smallest absolute Gasteiger partial charge is 0.234 e. The van der Waals surface area contributed by atoms with Gasteiger partial charge in [0.1, 0.15) is 10.8 Å². The third kappa shape index (κ3) is 3.13. The van der Waals surface area contributed by atoms with Gasteiger partial charge in [-0.1, -0.05) is 0 Å². The SMILES string of the molecule is COc1ccc(NC(=O)C(C)c2nc3c(s2)CNCC3)cc1. The molecular weight excluding hydrogens is 298 g/mol. The number of nitrogens with one attached hydrogen (secondary N) is 2. The summed E-state index contributed by atoms with van der Waals surface area (Å²) in [5.41, 5.74) is 1.91. The molecule has 1 aromatic heterocycles. The fourth-order valence-corrected chi connectivity index (χ4v) is 3.50. The number of thiazole rings is 1. The number of benzene rings is 1. The number of carbonyl (C=O) groups is 1. The van der Waals surface area contributed by atoms with E-state index in [2.05, 4.69) is 15.6 Å². The molecule has 1 atom stereocenters. The lowest BCUT2D eigenvalue weighted by molar-refractivity contribution is -0.117. The summed E-state index contributed by atoms with van der Waals surface area (Å²) in [6.07, 6.45) is 0.943. The van der Waals surface area contributed by atoms with Crippen molar-refractivity contribution >= 4 is 22.9 Å². The van der Waals surface area contributed by atoms with E-state index in [9.17, 15) is 4.79 Å². The van der Waals surface area contributed by atoms with E-state index in [0.717, 1.165) is 41.6 Å². The number of fused-ring (bicyclic) bond motifs is 1. The van der Waals surface area contributed by atoms with E-state index < -0.39 is 0 Å². The van der Waals surface area contributed by atoms with Crippen LogP contribution < -0.4 is 15.4 Å². The molecule has 2 aromatic rings. The summed E-state index contributed by atoms with van der Waals surface area (Å²) < 4.78 is 5.11. The number of nitrogens with zero attached hydrogens (tertiary/aromatic N) is 1. The molecule has 1 aliphatic rings. The lowest BCUT2D eigenvalue weighted by Gasteiger charge is -2.10. The molecule has 22 heavy (non-hydrogen) atoms. The van der Waals surface area contributed by atoms with Gasteiger partial charge in [0.05, 0.1) is 18.7 Å². The number of hydrogen-bond donors (Lipinski definition) is 2. The van der Waals surface area contributed by atoms with Crippen LogP contribution in [-0.4, -0.2) is 24.5 Å². The Kier molecular flexibility index (Phi) is 4.40. The first-order chi connectivity index (χ1) is 10.7. The van der Waals surface area contributed by atoms with Crippen LogP contribution in [0.1, 0.15) is 28.4 Å². The molecule has 1 aliphatic heterocycles. The Bertz CT molecular complexity index is 643. The van der Waals surface area contributed by atoms with Gasteiger partial charge >= 0.3 is 0 Å². The maximum atomic E-state index is 12.4.